The van der Waals surface area contributed by atoms with Crippen LogP contribution in [0.1, 0.15) is 11.1 Å². The molecule has 0 aliphatic heterocycles. The second-order valence-electron chi connectivity index (χ2n) is 5.55. The number of benzene rings is 2. The van der Waals surface area contributed by atoms with Gasteiger partial charge in [0.25, 0.3) is 0 Å². The van der Waals surface area contributed by atoms with E-state index in [9.17, 15) is 18.0 Å². The summed E-state index contributed by atoms with van der Waals surface area (Å²) in [5, 5.41) is 10.5. The van der Waals surface area contributed by atoms with E-state index < -0.39 is 23.1 Å². The summed E-state index contributed by atoms with van der Waals surface area (Å²) in [6.07, 6.45) is -4.59. The lowest BCUT2D eigenvalue weighted by Gasteiger charge is -2.14. The van der Waals surface area contributed by atoms with Gasteiger partial charge in [-0.25, -0.2) is 0 Å². The van der Waals surface area contributed by atoms with Crippen molar-refractivity contribution in [1.29, 1.82) is 0 Å². The van der Waals surface area contributed by atoms with Gasteiger partial charge < -0.3 is 11.2 Å². The molecule has 0 aliphatic carbocycles. The van der Waals surface area contributed by atoms with Crippen molar-refractivity contribution in [3.05, 3.63) is 75.0 Å². The molecule has 0 unspecified atom stereocenters. The number of halogens is 4. The SMILES string of the molecule is Nn1c(SCc2ccccc2Cl)nnc(Nc2ccccc2C(F)(F)F)c1=O. The van der Waals surface area contributed by atoms with Crippen LogP contribution in [0.2, 0.25) is 5.02 Å². The van der Waals surface area contributed by atoms with Crippen molar-refractivity contribution in [2.24, 2.45) is 0 Å². The van der Waals surface area contributed by atoms with E-state index in [1.807, 2.05) is 12.1 Å². The Morgan fingerprint density at radius 1 is 1.11 bits per heavy atom. The molecule has 3 rings (SSSR count). The zero-order valence-electron chi connectivity index (χ0n) is 14.1. The van der Waals surface area contributed by atoms with E-state index in [2.05, 4.69) is 15.5 Å². The summed E-state index contributed by atoms with van der Waals surface area (Å²) >= 11 is 7.20. The minimum atomic E-state index is -4.59. The van der Waals surface area contributed by atoms with Gasteiger partial charge in [0.2, 0.25) is 11.0 Å². The van der Waals surface area contributed by atoms with Crippen molar-refractivity contribution in [3.8, 4) is 0 Å². The number of hydrogen-bond donors (Lipinski definition) is 2. The number of hydrogen-bond acceptors (Lipinski definition) is 6. The Hall–Kier alpha value is -2.72. The summed E-state index contributed by atoms with van der Waals surface area (Å²) in [6, 6.07) is 11.9. The highest BCUT2D eigenvalue weighted by atomic mass is 35.5. The molecule has 0 bridgehead atoms. The van der Waals surface area contributed by atoms with Crippen LogP contribution in [0.4, 0.5) is 24.7 Å². The summed E-state index contributed by atoms with van der Waals surface area (Å²) < 4.78 is 40.0. The molecule has 1 aromatic heterocycles. The molecule has 1 heterocycles. The maximum absolute atomic E-state index is 13.1. The molecule has 11 heteroatoms. The minimum Gasteiger partial charge on any atom is -0.334 e. The number of nitrogen functional groups attached to an aromatic ring is 1. The zero-order chi connectivity index (χ0) is 20.3. The van der Waals surface area contributed by atoms with Crippen LogP contribution in [0.5, 0.6) is 0 Å². The Kier molecular flexibility index (Phi) is 5.80. The van der Waals surface area contributed by atoms with Crippen molar-refractivity contribution in [1.82, 2.24) is 14.9 Å². The largest absolute Gasteiger partial charge is 0.418 e. The van der Waals surface area contributed by atoms with E-state index in [4.69, 9.17) is 17.4 Å². The van der Waals surface area contributed by atoms with Gasteiger partial charge in [-0.15, -0.1) is 10.2 Å². The van der Waals surface area contributed by atoms with Crippen LogP contribution in [-0.4, -0.2) is 14.9 Å². The highest BCUT2D eigenvalue weighted by Gasteiger charge is 2.33. The van der Waals surface area contributed by atoms with E-state index in [0.29, 0.717) is 10.8 Å². The fourth-order valence-corrected chi connectivity index (χ4v) is 3.42. The van der Waals surface area contributed by atoms with Gasteiger partial charge in [0.05, 0.1) is 11.3 Å². The first-order valence-corrected chi connectivity index (χ1v) is 9.18. The number of nitrogens with zero attached hydrogens (tertiary/aromatic N) is 3. The van der Waals surface area contributed by atoms with Crippen molar-refractivity contribution >= 4 is 34.9 Å². The third-order valence-electron chi connectivity index (χ3n) is 3.66. The molecule has 0 aliphatic rings. The second kappa shape index (κ2) is 8.11. The van der Waals surface area contributed by atoms with Gasteiger partial charge in [0.1, 0.15) is 0 Å². The molecule has 3 N–H and O–H groups in total. The van der Waals surface area contributed by atoms with Crippen LogP contribution in [-0.2, 0) is 11.9 Å². The highest BCUT2D eigenvalue weighted by molar-refractivity contribution is 7.98. The third kappa shape index (κ3) is 4.39. The van der Waals surface area contributed by atoms with Gasteiger partial charge >= 0.3 is 11.7 Å². The molecule has 0 spiro atoms. The first-order chi connectivity index (χ1) is 13.3. The number of nitrogens with one attached hydrogen (secondary N) is 1. The maximum atomic E-state index is 13.1. The summed E-state index contributed by atoms with van der Waals surface area (Å²) in [7, 11) is 0. The van der Waals surface area contributed by atoms with Crippen LogP contribution in [0.15, 0.2) is 58.5 Å². The molecular formula is C17H13ClF3N5OS. The summed E-state index contributed by atoms with van der Waals surface area (Å²) in [4.78, 5) is 12.4. The summed E-state index contributed by atoms with van der Waals surface area (Å²) in [5.41, 5.74) is -1.26. The van der Waals surface area contributed by atoms with Crippen molar-refractivity contribution in [2.45, 2.75) is 17.1 Å². The molecule has 3 aromatic rings. The van der Waals surface area contributed by atoms with Crippen LogP contribution in [0, 0.1) is 0 Å². The van der Waals surface area contributed by atoms with Crippen LogP contribution in [0.25, 0.3) is 0 Å². The predicted octanol–water partition coefficient (Wildman–Crippen LogP) is 4.06. The number of alkyl halides is 3. The van der Waals surface area contributed by atoms with Gasteiger partial charge in [-0.05, 0) is 23.8 Å². The van der Waals surface area contributed by atoms with Gasteiger partial charge in [-0.2, -0.15) is 17.8 Å². The lowest BCUT2D eigenvalue weighted by Crippen LogP contribution is -2.32. The summed E-state index contributed by atoms with van der Waals surface area (Å²) in [5.74, 6) is 5.72. The van der Waals surface area contributed by atoms with E-state index in [-0.39, 0.29) is 10.8 Å². The third-order valence-corrected chi connectivity index (χ3v) is 5.02. The van der Waals surface area contributed by atoms with Gasteiger partial charge in [0.15, 0.2) is 0 Å². The topological polar surface area (TPSA) is 85.8 Å². The molecule has 0 atom stereocenters. The molecule has 0 radical (unpaired) electrons. The Balaban J connectivity index is 1.84. The number of aromatic nitrogens is 3. The zero-order valence-corrected chi connectivity index (χ0v) is 15.6. The molecular weight excluding hydrogens is 415 g/mol. The number of rotatable bonds is 5. The lowest BCUT2D eigenvalue weighted by molar-refractivity contribution is -0.136. The smallest absolute Gasteiger partial charge is 0.334 e. The Morgan fingerprint density at radius 2 is 1.79 bits per heavy atom. The second-order valence-corrected chi connectivity index (χ2v) is 6.90. The molecule has 0 amide bonds. The fraction of sp³-hybridized carbons (Fsp3) is 0.118. The standard InChI is InChI=1S/C17H13ClF3N5OS/c18-12-7-3-1-5-10(12)9-28-16-25-24-14(15(27)26(16)22)23-13-8-4-2-6-11(13)17(19,20)21/h1-8H,9,22H2,(H,23,24). The number of para-hydroxylation sites is 1. The molecule has 146 valence electrons. The highest BCUT2D eigenvalue weighted by Crippen LogP contribution is 2.35. The van der Waals surface area contributed by atoms with Crippen LogP contribution >= 0.6 is 23.4 Å². The minimum absolute atomic E-state index is 0.0968. The molecule has 0 saturated heterocycles. The molecule has 2 aromatic carbocycles. The van der Waals surface area contributed by atoms with E-state index >= 15 is 0 Å². The van der Waals surface area contributed by atoms with Gasteiger partial charge in [-0.1, -0.05) is 53.7 Å². The Labute approximate surface area is 166 Å². The van der Waals surface area contributed by atoms with Crippen LogP contribution < -0.4 is 16.7 Å². The number of thioether (sulfide) groups is 1. The molecule has 0 saturated carbocycles. The monoisotopic (exact) mass is 427 g/mol. The Bertz CT molecular complexity index is 1060. The Morgan fingerprint density at radius 3 is 2.50 bits per heavy atom. The van der Waals surface area contributed by atoms with Crippen molar-refractivity contribution in [3.63, 3.8) is 0 Å². The van der Waals surface area contributed by atoms with Crippen molar-refractivity contribution < 1.29 is 13.2 Å². The van der Waals surface area contributed by atoms with E-state index in [1.54, 1.807) is 12.1 Å². The van der Waals surface area contributed by atoms with E-state index in [0.717, 1.165) is 28.1 Å². The molecule has 0 fully saturated rings. The van der Waals surface area contributed by atoms with Crippen molar-refractivity contribution in [2.75, 3.05) is 11.2 Å². The normalized spacial score (nSPS) is 11.4. The quantitative estimate of drug-likeness (QED) is 0.471. The predicted molar refractivity (Wildman–Crippen MR) is 102 cm³/mol. The maximum Gasteiger partial charge on any atom is 0.418 e. The molecule has 6 nitrogen and oxygen atoms in total. The first-order valence-electron chi connectivity index (χ1n) is 7.81. The van der Waals surface area contributed by atoms with Crippen LogP contribution in [0.3, 0.4) is 0 Å². The lowest BCUT2D eigenvalue weighted by atomic mass is 10.1. The van der Waals surface area contributed by atoms with Gasteiger partial charge in [-0.3, -0.25) is 4.79 Å². The summed E-state index contributed by atoms with van der Waals surface area (Å²) in [6.45, 7) is 0. The van der Waals surface area contributed by atoms with Gasteiger partial charge in [0, 0.05) is 10.8 Å². The first kappa shape index (κ1) is 20.0. The molecule has 28 heavy (non-hydrogen) atoms. The number of anilines is 2. The average Bonchev–Trinajstić information content (AvgIpc) is 2.66. The average molecular weight is 428 g/mol. The van der Waals surface area contributed by atoms with E-state index in [1.165, 1.54) is 18.2 Å². The number of nitrogens with two attached hydrogens (primary N) is 1. The fourth-order valence-electron chi connectivity index (χ4n) is 2.29.